The molecule has 1 atom stereocenters. The minimum absolute atomic E-state index is 0.0211. The van der Waals surface area contributed by atoms with Crippen molar-refractivity contribution in [3.05, 3.63) is 34.4 Å². The Bertz CT molecular complexity index is 986. The summed E-state index contributed by atoms with van der Waals surface area (Å²) in [4.78, 5) is 55.8. The van der Waals surface area contributed by atoms with E-state index in [1.54, 1.807) is 6.92 Å². The number of carboxylic acid groups (broad SMARTS) is 1. The van der Waals surface area contributed by atoms with Crippen LogP contribution in [0.15, 0.2) is 24.3 Å². The van der Waals surface area contributed by atoms with Crippen molar-refractivity contribution in [2.24, 2.45) is 5.92 Å². The third kappa shape index (κ3) is 21.1. The molecule has 0 bridgehead atoms. The Morgan fingerprint density at radius 1 is 0.682 bits per heavy atom. The molecule has 1 N–H and O–H groups in total. The number of nitro groups is 1. The quantitative estimate of drug-likeness (QED) is 0.0484. The zero-order chi connectivity index (χ0) is 32.4. The number of hydrogen-bond donors (Lipinski definition) is 1. The number of rotatable bonds is 27. The lowest BCUT2D eigenvalue weighted by Crippen LogP contribution is -2.19. The van der Waals surface area contributed by atoms with Crippen LogP contribution in [0.3, 0.4) is 0 Å². The zero-order valence-corrected chi connectivity index (χ0v) is 24.8. The van der Waals surface area contributed by atoms with Crippen molar-refractivity contribution < 1.29 is 67.1 Å². The van der Waals surface area contributed by atoms with E-state index in [-0.39, 0.29) is 63.5 Å². The normalized spacial score (nSPS) is 11.5. The van der Waals surface area contributed by atoms with Gasteiger partial charge in [0.25, 0.3) is 5.69 Å². The van der Waals surface area contributed by atoms with Gasteiger partial charge < -0.3 is 43.0 Å². The zero-order valence-electron chi connectivity index (χ0n) is 24.8. The second-order valence-corrected chi connectivity index (χ2v) is 9.01. The van der Waals surface area contributed by atoms with Crippen molar-refractivity contribution in [1.82, 2.24) is 0 Å². The van der Waals surface area contributed by atoms with Crippen LogP contribution in [0.5, 0.6) is 5.75 Å². The topological polar surface area (TPSA) is 205 Å². The molecule has 0 aliphatic rings. The lowest BCUT2D eigenvalue weighted by atomic mass is 10.1. The van der Waals surface area contributed by atoms with E-state index in [4.69, 9.17) is 43.0 Å². The smallest absolute Gasteiger partial charge is 0.311 e. The van der Waals surface area contributed by atoms with Crippen LogP contribution in [0, 0.1) is 16.0 Å². The molecule has 0 heterocycles. The largest absolute Gasteiger partial charge is 0.481 e. The number of carbonyl (C=O) groups is 4. The maximum atomic E-state index is 11.8. The predicted molar refractivity (Wildman–Crippen MR) is 150 cm³/mol. The van der Waals surface area contributed by atoms with Gasteiger partial charge in [-0.05, 0) is 18.6 Å². The summed E-state index contributed by atoms with van der Waals surface area (Å²) in [5.74, 6) is -2.98. The second kappa shape index (κ2) is 24.7. The highest BCUT2D eigenvalue weighted by Crippen LogP contribution is 2.18. The monoisotopic (exact) mass is 631 g/mol. The Morgan fingerprint density at radius 3 is 1.57 bits per heavy atom. The Balaban J connectivity index is 1.82. The Labute approximate surface area is 254 Å². The van der Waals surface area contributed by atoms with Gasteiger partial charge in [0.2, 0.25) is 0 Å². The standard InChI is InChI=1S/C28H41NO15/c1-22(2-7-25(30)31)28(34)43-21-19-41-17-15-39-13-11-37-10-12-38-14-16-40-18-20-42-26(32)8-9-27(33)44-24-5-3-23(4-6-24)29(35)36/h3-6,22H,2,7-21H2,1H3,(H,30,31). The molecule has 0 aliphatic heterocycles. The molecule has 44 heavy (non-hydrogen) atoms. The summed E-state index contributed by atoms with van der Waals surface area (Å²) in [6.07, 6.45) is -0.225. The molecule has 0 amide bonds. The Hall–Kier alpha value is -3.70. The van der Waals surface area contributed by atoms with Crippen LogP contribution >= 0.6 is 0 Å². The summed E-state index contributed by atoms with van der Waals surface area (Å²) < 4.78 is 41.7. The van der Waals surface area contributed by atoms with Crippen LogP contribution in [0.4, 0.5) is 5.69 Å². The fourth-order valence-corrected chi connectivity index (χ4v) is 3.09. The van der Waals surface area contributed by atoms with E-state index in [0.29, 0.717) is 52.9 Å². The molecule has 0 fully saturated rings. The van der Waals surface area contributed by atoms with Crippen LogP contribution < -0.4 is 4.74 Å². The Morgan fingerprint density at radius 2 is 1.11 bits per heavy atom. The molecule has 16 nitrogen and oxygen atoms in total. The van der Waals surface area contributed by atoms with Gasteiger partial charge in [0, 0.05) is 18.6 Å². The van der Waals surface area contributed by atoms with E-state index >= 15 is 0 Å². The van der Waals surface area contributed by atoms with Crippen molar-refractivity contribution in [1.29, 1.82) is 0 Å². The van der Waals surface area contributed by atoms with E-state index in [9.17, 15) is 29.3 Å². The first-order valence-corrected chi connectivity index (χ1v) is 14.1. The van der Waals surface area contributed by atoms with Crippen molar-refractivity contribution in [2.45, 2.75) is 32.6 Å². The number of benzene rings is 1. The molecule has 0 radical (unpaired) electrons. The van der Waals surface area contributed by atoms with Crippen LogP contribution in [0.2, 0.25) is 0 Å². The number of hydrogen-bond acceptors (Lipinski definition) is 14. The highest BCUT2D eigenvalue weighted by molar-refractivity contribution is 5.79. The SMILES string of the molecule is CC(CCC(=O)O)C(=O)OCCOCCOCCOCCOCCOCCOC(=O)CCC(=O)Oc1ccc([N+](=O)[O-])cc1. The van der Waals surface area contributed by atoms with E-state index in [1.165, 1.54) is 24.3 Å². The predicted octanol–water partition coefficient (Wildman–Crippen LogP) is 1.95. The molecule has 248 valence electrons. The van der Waals surface area contributed by atoms with Gasteiger partial charge in [-0.15, -0.1) is 0 Å². The molecular formula is C28H41NO15. The fraction of sp³-hybridized carbons (Fsp3) is 0.643. The summed E-state index contributed by atoms with van der Waals surface area (Å²) in [6, 6.07) is 5.01. The minimum atomic E-state index is -0.951. The number of esters is 3. The second-order valence-electron chi connectivity index (χ2n) is 9.01. The highest BCUT2D eigenvalue weighted by atomic mass is 16.6. The third-order valence-corrected chi connectivity index (χ3v) is 5.46. The Kier molecular flexibility index (Phi) is 21.5. The number of non-ortho nitro benzene ring substituents is 1. The maximum Gasteiger partial charge on any atom is 0.311 e. The average Bonchev–Trinajstić information content (AvgIpc) is 3.00. The molecule has 0 saturated carbocycles. The van der Waals surface area contributed by atoms with Crippen molar-refractivity contribution >= 4 is 29.6 Å². The van der Waals surface area contributed by atoms with Crippen LogP contribution in [-0.2, 0) is 52.3 Å². The van der Waals surface area contributed by atoms with Gasteiger partial charge in [0.15, 0.2) is 0 Å². The van der Waals surface area contributed by atoms with E-state index < -0.39 is 34.7 Å². The lowest BCUT2D eigenvalue weighted by molar-refractivity contribution is -0.384. The summed E-state index contributed by atoms with van der Waals surface area (Å²) >= 11 is 0. The van der Waals surface area contributed by atoms with Gasteiger partial charge in [0.05, 0.1) is 89.8 Å². The number of nitrogens with zero attached hydrogens (tertiary/aromatic N) is 1. The molecule has 16 heteroatoms. The number of nitro benzene ring substituents is 1. The number of carboxylic acids is 1. The number of carbonyl (C=O) groups excluding carboxylic acids is 3. The minimum Gasteiger partial charge on any atom is -0.481 e. The first-order valence-electron chi connectivity index (χ1n) is 14.1. The summed E-state index contributed by atoms with van der Waals surface area (Å²) in [5, 5.41) is 19.2. The first-order chi connectivity index (χ1) is 21.2. The summed E-state index contributed by atoms with van der Waals surface area (Å²) in [5.41, 5.74) is -0.129. The van der Waals surface area contributed by atoms with Crippen LogP contribution in [-0.4, -0.2) is 113 Å². The lowest BCUT2D eigenvalue weighted by Gasteiger charge is -2.11. The van der Waals surface area contributed by atoms with Crippen molar-refractivity contribution in [3.63, 3.8) is 0 Å². The molecule has 0 saturated heterocycles. The van der Waals surface area contributed by atoms with E-state index in [0.717, 1.165) is 0 Å². The van der Waals surface area contributed by atoms with Crippen LogP contribution in [0.1, 0.15) is 32.6 Å². The van der Waals surface area contributed by atoms with Crippen molar-refractivity contribution in [2.75, 3.05) is 79.3 Å². The molecule has 0 spiro atoms. The van der Waals surface area contributed by atoms with Gasteiger partial charge in [-0.25, -0.2) is 0 Å². The molecule has 1 rings (SSSR count). The molecule has 1 unspecified atom stereocenters. The molecule has 1 aromatic carbocycles. The fourth-order valence-electron chi connectivity index (χ4n) is 3.09. The molecule has 1 aromatic rings. The molecule has 0 aromatic heterocycles. The maximum absolute atomic E-state index is 11.8. The van der Waals surface area contributed by atoms with E-state index in [1.807, 2.05) is 0 Å². The summed E-state index contributed by atoms with van der Waals surface area (Å²) in [7, 11) is 0. The highest BCUT2D eigenvalue weighted by Gasteiger charge is 2.15. The average molecular weight is 632 g/mol. The molecule has 0 aliphatic carbocycles. The van der Waals surface area contributed by atoms with Gasteiger partial charge >= 0.3 is 23.9 Å². The molecular weight excluding hydrogens is 590 g/mol. The van der Waals surface area contributed by atoms with Gasteiger partial charge in [-0.1, -0.05) is 6.92 Å². The van der Waals surface area contributed by atoms with Gasteiger partial charge in [0.1, 0.15) is 19.0 Å². The summed E-state index contributed by atoms with van der Waals surface area (Å²) in [6.45, 7) is 4.93. The van der Waals surface area contributed by atoms with Gasteiger partial charge in [-0.3, -0.25) is 29.3 Å². The van der Waals surface area contributed by atoms with Crippen molar-refractivity contribution in [3.8, 4) is 5.75 Å². The van der Waals surface area contributed by atoms with Gasteiger partial charge in [-0.2, -0.15) is 0 Å². The van der Waals surface area contributed by atoms with E-state index in [2.05, 4.69) is 0 Å². The number of ether oxygens (including phenoxy) is 8. The van der Waals surface area contributed by atoms with Crippen LogP contribution in [0.25, 0.3) is 0 Å². The third-order valence-electron chi connectivity index (χ3n) is 5.46. The number of aliphatic carboxylic acids is 1. The first kappa shape index (κ1) is 38.3.